The molecule has 3 aromatic rings. The zero-order chi connectivity index (χ0) is 18.3. The molecule has 5 aliphatic carbocycles. The fourth-order valence-electron chi connectivity index (χ4n) is 9.15. The van der Waals surface area contributed by atoms with Crippen molar-refractivity contribution in [3.8, 4) is 11.1 Å². The molecule has 3 bridgehead atoms. The van der Waals surface area contributed by atoms with Gasteiger partial charge >= 0.3 is 0 Å². The maximum atomic E-state index is 7.03. The summed E-state index contributed by atoms with van der Waals surface area (Å²) in [6.07, 6.45) is 7.29. The minimum absolute atomic E-state index is 0.167. The average molecular weight is 383 g/mol. The van der Waals surface area contributed by atoms with E-state index in [0.29, 0.717) is 0 Å². The second-order valence-electron chi connectivity index (χ2n) is 10.4. The molecular weight excluding hydrogens is 360 g/mol. The Bertz CT molecular complexity index is 1180. The third-order valence-corrected chi connectivity index (χ3v) is 10.2. The molecule has 0 amide bonds. The Balaban J connectivity index is 1.52. The zero-order valence-electron chi connectivity index (χ0n) is 15.9. The van der Waals surface area contributed by atoms with Crippen LogP contribution in [-0.2, 0) is 5.41 Å². The molecule has 0 heterocycles. The summed E-state index contributed by atoms with van der Waals surface area (Å²) in [5.41, 5.74) is 6.89. The number of halogens is 1. The molecule has 4 fully saturated rings. The number of hydrogen-bond acceptors (Lipinski definition) is 0. The van der Waals surface area contributed by atoms with E-state index in [1.165, 1.54) is 59.6 Å². The molecule has 2 spiro atoms. The highest BCUT2D eigenvalue weighted by Crippen LogP contribution is 2.82. The molecule has 4 atom stereocenters. The third-order valence-electron chi connectivity index (χ3n) is 9.92. The zero-order valence-corrected chi connectivity index (χ0v) is 16.7. The quantitative estimate of drug-likeness (QED) is 0.385. The third kappa shape index (κ3) is 1.38. The maximum Gasteiger partial charge on any atom is 0.0453 e. The van der Waals surface area contributed by atoms with Crippen molar-refractivity contribution < 1.29 is 0 Å². The Labute approximate surface area is 170 Å². The lowest BCUT2D eigenvalue weighted by atomic mass is 9.54. The summed E-state index contributed by atoms with van der Waals surface area (Å²) >= 11 is 7.03. The van der Waals surface area contributed by atoms with E-state index in [2.05, 4.69) is 54.6 Å². The maximum absolute atomic E-state index is 7.03. The van der Waals surface area contributed by atoms with Gasteiger partial charge in [-0.1, -0.05) is 48.0 Å². The Kier molecular flexibility index (Phi) is 2.44. The first kappa shape index (κ1) is 15.1. The van der Waals surface area contributed by atoms with Gasteiger partial charge in [0.15, 0.2) is 0 Å². The van der Waals surface area contributed by atoms with Crippen LogP contribution in [0.3, 0.4) is 0 Å². The number of benzene rings is 3. The molecule has 28 heavy (non-hydrogen) atoms. The van der Waals surface area contributed by atoms with E-state index in [1.54, 1.807) is 5.56 Å². The van der Waals surface area contributed by atoms with Crippen LogP contribution >= 0.6 is 11.6 Å². The predicted molar refractivity (Wildman–Crippen MR) is 115 cm³/mol. The number of rotatable bonds is 0. The summed E-state index contributed by atoms with van der Waals surface area (Å²) < 4.78 is 0. The molecule has 1 heteroatoms. The molecular formula is C27H23Cl. The summed E-state index contributed by atoms with van der Waals surface area (Å²) in [6, 6.07) is 20.6. The largest absolute Gasteiger partial charge is 0.0840 e. The summed E-state index contributed by atoms with van der Waals surface area (Å²) in [6.45, 7) is 0. The average Bonchev–Trinajstić information content (AvgIpc) is 3.23. The Hall–Kier alpha value is -1.79. The fraction of sp³-hybridized carbons (Fsp3) is 0.407. The predicted octanol–water partition coefficient (Wildman–Crippen LogP) is 7.22. The van der Waals surface area contributed by atoms with Crippen LogP contribution in [-0.4, -0.2) is 0 Å². The van der Waals surface area contributed by atoms with E-state index in [0.717, 1.165) is 34.1 Å². The standard InChI is InChI=1S/C27H23Cl/c28-24-7-3-6-21-22-8-15-4-1-2-5-16(15)9-23(22)27(25(21)24)19-11-17-10-18-12-20(27)14-26(17,18)13-19/h1-9,17-20H,10-14H2. The van der Waals surface area contributed by atoms with Crippen LogP contribution in [0.2, 0.25) is 5.02 Å². The van der Waals surface area contributed by atoms with Gasteiger partial charge in [0.2, 0.25) is 0 Å². The van der Waals surface area contributed by atoms with Crippen molar-refractivity contribution in [3.05, 3.63) is 70.7 Å². The molecule has 0 N–H and O–H groups in total. The molecule has 5 aliphatic rings. The second-order valence-corrected chi connectivity index (χ2v) is 10.8. The first-order valence-corrected chi connectivity index (χ1v) is 11.4. The minimum atomic E-state index is 0.167. The van der Waals surface area contributed by atoms with Crippen molar-refractivity contribution in [2.45, 2.75) is 37.5 Å². The number of hydrogen-bond donors (Lipinski definition) is 0. The van der Waals surface area contributed by atoms with Gasteiger partial charge in [0.05, 0.1) is 0 Å². The second kappa shape index (κ2) is 4.51. The lowest BCUT2D eigenvalue weighted by Crippen LogP contribution is -2.45. The van der Waals surface area contributed by atoms with Crippen molar-refractivity contribution >= 4 is 22.4 Å². The van der Waals surface area contributed by atoms with Gasteiger partial charge in [-0.05, 0) is 112 Å². The summed E-state index contributed by atoms with van der Waals surface area (Å²) in [5, 5.41) is 3.76. The lowest BCUT2D eigenvalue weighted by molar-refractivity contribution is -0.00187. The normalized spacial score (nSPS) is 40.6. The van der Waals surface area contributed by atoms with Crippen molar-refractivity contribution in [2.75, 3.05) is 0 Å². The van der Waals surface area contributed by atoms with Gasteiger partial charge in [-0.2, -0.15) is 0 Å². The van der Waals surface area contributed by atoms with Crippen LogP contribution in [0.5, 0.6) is 0 Å². The molecule has 0 nitrogen and oxygen atoms in total. The Morgan fingerprint density at radius 3 is 2.14 bits per heavy atom. The topological polar surface area (TPSA) is 0 Å². The molecule has 0 aliphatic heterocycles. The first-order valence-electron chi connectivity index (χ1n) is 11.0. The van der Waals surface area contributed by atoms with Crippen LogP contribution in [0.25, 0.3) is 21.9 Å². The van der Waals surface area contributed by atoms with E-state index < -0.39 is 0 Å². The Morgan fingerprint density at radius 1 is 0.714 bits per heavy atom. The molecule has 4 saturated carbocycles. The van der Waals surface area contributed by atoms with Gasteiger partial charge in [0.1, 0.15) is 0 Å². The summed E-state index contributed by atoms with van der Waals surface area (Å²) in [4.78, 5) is 0. The van der Waals surface area contributed by atoms with Crippen molar-refractivity contribution in [1.82, 2.24) is 0 Å². The SMILES string of the molecule is Clc1cccc2c1C1(c3cc4ccccc4cc3-2)C2CC3CC4CC1CC34C2. The minimum Gasteiger partial charge on any atom is -0.0840 e. The van der Waals surface area contributed by atoms with Crippen molar-refractivity contribution in [1.29, 1.82) is 0 Å². The van der Waals surface area contributed by atoms with E-state index in [1.807, 2.05) is 0 Å². The van der Waals surface area contributed by atoms with Gasteiger partial charge < -0.3 is 0 Å². The van der Waals surface area contributed by atoms with Crippen LogP contribution < -0.4 is 0 Å². The summed E-state index contributed by atoms with van der Waals surface area (Å²) in [5.74, 6) is 3.57. The van der Waals surface area contributed by atoms with Crippen LogP contribution in [0.1, 0.15) is 43.2 Å². The molecule has 0 aromatic heterocycles. The monoisotopic (exact) mass is 382 g/mol. The van der Waals surface area contributed by atoms with E-state index >= 15 is 0 Å². The van der Waals surface area contributed by atoms with Gasteiger partial charge in [-0.15, -0.1) is 0 Å². The lowest BCUT2D eigenvalue weighted by Gasteiger charge is -2.50. The van der Waals surface area contributed by atoms with Crippen molar-refractivity contribution in [3.63, 3.8) is 0 Å². The summed E-state index contributed by atoms with van der Waals surface area (Å²) in [7, 11) is 0. The highest BCUT2D eigenvalue weighted by molar-refractivity contribution is 6.32. The smallest absolute Gasteiger partial charge is 0.0453 e. The first-order chi connectivity index (χ1) is 13.7. The molecule has 3 aromatic carbocycles. The fourth-order valence-corrected chi connectivity index (χ4v) is 9.48. The Morgan fingerprint density at radius 2 is 1.39 bits per heavy atom. The molecule has 0 saturated heterocycles. The van der Waals surface area contributed by atoms with Gasteiger partial charge in [0.25, 0.3) is 0 Å². The van der Waals surface area contributed by atoms with Gasteiger partial charge in [-0.3, -0.25) is 0 Å². The highest BCUT2D eigenvalue weighted by atomic mass is 35.5. The molecule has 138 valence electrons. The van der Waals surface area contributed by atoms with Gasteiger partial charge in [-0.25, -0.2) is 0 Å². The molecule has 8 rings (SSSR count). The van der Waals surface area contributed by atoms with Gasteiger partial charge in [0, 0.05) is 10.4 Å². The van der Waals surface area contributed by atoms with Crippen LogP contribution in [0, 0.1) is 29.1 Å². The number of fused-ring (bicyclic) bond motifs is 10. The van der Waals surface area contributed by atoms with E-state index in [4.69, 9.17) is 11.6 Å². The highest BCUT2D eigenvalue weighted by Gasteiger charge is 2.74. The van der Waals surface area contributed by atoms with Crippen molar-refractivity contribution in [2.24, 2.45) is 29.1 Å². The molecule has 0 radical (unpaired) electrons. The molecule has 4 unspecified atom stereocenters. The van der Waals surface area contributed by atoms with E-state index in [9.17, 15) is 0 Å². The van der Waals surface area contributed by atoms with Crippen LogP contribution in [0.4, 0.5) is 0 Å². The van der Waals surface area contributed by atoms with E-state index in [-0.39, 0.29) is 5.41 Å². The van der Waals surface area contributed by atoms with Crippen LogP contribution in [0.15, 0.2) is 54.6 Å².